The van der Waals surface area contributed by atoms with Crippen molar-refractivity contribution in [1.82, 2.24) is 15.3 Å². The molecule has 6 heteroatoms. The van der Waals surface area contributed by atoms with Gasteiger partial charge in [0.25, 0.3) is 11.5 Å². The molecule has 2 N–H and O–H groups in total. The highest BCUT2D eigenvalue weighted by Gasteiger charge is 2.26. The summed E-state index contributed by atoms with van der Waals surface area (Å²) in [7, 11) is 1.63. The van der Waals surface area contributed by atoms with Crippen LogP contribution in [0.25, 0.3) is 0 Å². The number of rotatable bonds is 5. The van der Waals surface area contributed by atoms with Gasteiger partial charge in [-0.05, 0) is 49.3 Å². The predicted molar refractivity (Wildman–Crippen MR) is 93.0 cm³/mol. The minimum absolute atomic E-state index is 0.0459. The molecule has 1 heterocycles. The number of methoxy groups -OCH3 is 1. The molecule has 0 bridgehead atoms. The first-order valence-electron chi connectivity index (χ1n) is 8.72. The van der Waals surface area contributed by atoms with Crippen LogP contribution in [0.4, 0.5) is 0 Å². The molecule has 1 saturated carbocycles. The van der Waals surface area contributed by atoms with E-state index in [0.29, 0.717) is 18.3 Å². The maximum atomic E-state index is 12.4. The zero-order valence-electron chi connectivity index (χ0n) is 14.2. The molecule has 0 aliphatic heterocycles. The number of aryl methyl sites for hydroxylation is 2. The van der Waals surface area contributed by atoms with E-state index in [1.807, 2.05) is 0 Å². The Morgan fingerprint density at radius 3 is 2.76 bits per heavy atom. The Kier molecular flexibility index (Phi) is 4.03. The van der Waals surface area contributed by atoms with Crippen LogP contribution in [0.2, 0.25) is 0 Å². The summed E-state index contributed by atoms with van der Waals surface area (Å²) in [6, 6.07) is 4.16. The van der Waals surface area contributed by atoms with E-state index in [9.17, 15) is 9.59 Å². The molecule has 1 fully saturated rings. The van der Waals surface area contributed by atoms with E-state index in [1.54, 1.807) is 7.11 Å². The van der Waals surface area contributed by atoms with Crippen LogP contribution in [0.15, 0.2) is 23.1 Å². The van der Waals surface area contributed by atoms with Crippen molar-refractivity contribution in [2.24, 2.45) is 0 Å². The smallest absolute Gasteiger partial charge is 0.263 e. The second kappa shape index (κ2) is 6.35. The lowest BCUT2D eigenvalue weighted by molar-refractivity contribution is 0.0948. The molecule has 0 atom stereocenters. The molecule has 1 aromatic carbocycles. The Hall–Kier alpha value is -2.63. The van der Waals surface area contributed by atoms with Gasteiger partial charge in [-0.2, -0.15) is 0 Å². The van der Waals surface area contributed by atoms with Crippen LogP contribution in [0.5, 0.6) is 5.75 Å². The van der Waals surface area contributed by atoms with E-state index in [2.05, 4.69) is 27.4 Å². The highest BCUT2D eigenvalue weighted by molar-refractivity contribution is 5.93. The number of fused-ring (bicyclic) bond motifs is 1. The number of hydrogen-bond acceptors (Lipinski definition) is 4. The number of aromatic nitrogens is 2. The number of amides is 1. The molecule has 25 heavy (non-hydrogen) atoms. The van der Waals surface area contributed by atoms with Crippen molar-refractivity contribution < 1.29 is 9.53 Å². The van der Waals surface area contributed by atoms with Crippen LogP contribution in [0.3, 0.4) is 0 Å². The normalized spacial score (nSPS) is 15.7. The van der Waals surface area contributed by atoms with Gasteiger partial charge >= 0.3 is 0 Å². The summed E-state index contributed by atoms with van der Waals surface area (Å²) >= 11 is 0. The van der Waals surface area contributed by atoms with Crippen molar-refractivity contribution in [2.45, 2.75) is 44.6 Å². The molecule has 0 radical (unpaired) electrons. The summed E-state index contributed by atoms with van der Waals surface area (Å²) in [5.41, 5.74) is 3.23. The highest BCUT2D eigenvalue weighted by Crippen LogP contribution is 2.37. The molecule has 2 aromatic rings. The van der Waals surface area contributed by atoms with Crippen molar-refractivity contribution in [2.75, 3.05) is 7.11 Å². The zero-order valence-corrected chi connectivity index (χ0v) is 14.2. The summed E-state index contributed by atoms with van der Waals surface area (Å²) in [5.74, 6) is 1.39. The Morgan fingerprint density at radius 2 is 2.08 bits per heavy atom. The second-order valence-electron chi connectivity index (χ2n) is 6.75. The molecule has 2 aliphatic rings. The van der Waals surface area contributed by atoms with Crippen LogP contribution in [-0.4, -0.2) is 23.0 Å². The number of benzene rings is 1. The Bertz CT molecular complexity index is 884. The number of carbonyl (C=O) groups excluding carboxylic acids is 1. The van der Waals surface area contributed by atoms with Crippen molar-refractivity contribution in [3.05, 3.63) is 56.8 Å². The van der Waals surface area contributed by atoms with Crippen LogP contribution >= 0.6 is 0 Å². The molecule has 6 nitrogen and oxygen atoms in total. The minimum Gasteiger partial charge on any atom is -0.496 e. The Morgan fingerprint density at radius 1 is 1.32 bits per heavy atom. The summed E-state index contributed by atoms with van der Waals surface area (Å²) in [6.45, 7) is 0.319. The zero-order chi connectivity index (χ0) is 17.4. The monoisotopic (exact) mass is 339 g/mol. The van der Waals surface area contributed by atoms with E-state index < -0.39 is 5.91 Å². The third-order valence-corrected chi connectivity index (χ3v) is 4.96. The largest absolute Gasteiger partial charge is 0.496 e. The third kappa shape index (κ3) is 3.16. The molecule has 0 spiro atoms. The number of carbonyl (C=O) groups is 1. The number of hydrogen-bond donors (Lipinski definition) is 2. The van der Waals surface area contributed by atoms with Gasteiger partial charge in [-0.15, -0.1) is 0 Å². The fourth-order valence-corrected chi connectivity index (χ4v) is 3.39. The quantitative estimate of drug-likeness (QED) is 0.873. The lowest BCUT2D eigenvalue weighted by atomic mass is 10.0. The van der Waals surface area contributed by atoms with Gasteiger partial charge in [0.1, 0.15) is 17.1 Å². The Labute approximate surface area is 145 Å². The summed E-state index contributed by atoms with van der Waals surface area (Å²) in [4.78, 5) is 31.4. The van der Waals surface area contributed by atoms with Crippen molar-refractivity contribution in [3.63, 3.8) is 0 Å². The Balaban J connectivity index is 1.49. The fourth-order valence-electron chi connectivity index (χ4n) is 3.39. The molecule has 1 aromatic heterocycles. The number of nitrogens with zero attached hydrogens (tertiary/aromatic N) is 1. The molecule has 1 amide bonds. The maximum absolute atomic E-state index is 12.4. The standard InChI is InChI=1S/C19H21N3O3/c1-25-16-8-13-4-2-3-12(13)7-14(16)9-21-18(23)15-10-20-17(11-5-6-11)22-19(15)24/h7-8,10-11H,2-6,9H2,1H3,(H,21,23)(H,20,22,24). The molecule has 2 aliphatic carbocycles. The van der Waals surface area contributed by atoms with Gasteiger partial charge in [0.05, 0.1) is 7.11 Å². The first kappa shape index (κ1) is 15.9. The van der Waals surface area contributed by atoms with E-state index in [-0.39, 0.29) is 11.1 Å². The average Bonchev–Trinajstić information content (AvgIpc) is 3.37. The number of nitrogens with one attached hydrogen (secondary N) is 2. The van der Waals surface area contributed by atoms with E-state index in [0.717, 1.165) is 43.4 Å². The SMILES string of the molecule is COc1cc2c(cc1CNC(=O)c1cnc(C3CC3)[nH]c1=O)CCC2. The molecular formula is C19H21N3O3. The van der Waals surface area contributed by atoms with Gasteiger partial charge in [-0.25, -0.2) is 4.98 Å². The number of H-pyrrole nitrogens is 1. The molecule has 0 unspecified atom stereocenters. The lowest BCUT2D eigenvalue weighted by Crippen LogP contribution is -2.30. The van der Waals surface area contributed by atoms with Crippen molar-refractivity contribution in [3.8, 4) is 5.75 Å². The van der Waals surface area contributed by atoms with Crippen LogP contribution in [0.1, 0.15) is 58.1 Å². The van der Waals surface area contributed by atoms with E-state index in [1.165, 1.54) is 17.3 Å². The van der Waals surface area contributed by atoms with Crippen molar-refractivity contribution >= 4 is 5.91 Å². The molecule has 0 saturated heterocycles. The second-order valence-corrected chi connectivity index (χ2v) is 6.75. The van der Waals surface area contributed by atoms with Gasteiger partial charge in [0, 0.05) is 24.2 Å². The summed E-state index contributed by atoms with van der Waals surface area (Å²) in [6.07, 6.45) is 6.77. The van der Waals surface area contributed by atoms with Gasteiger partial charge < -0.3 is 15.0 Å². The van der Waals surface area contributed by atoms with Gasteiger partial charge in [-0.1, -0.05) is 6.07 Å². The van der Waals surface area contributed by atoms with Gasteiger partial charge in [0.15, 0.2) is 0 Å². The predicted octanol–water partition coefficient (Wildman–Crippen LogP) is 2.07. The molecule has 4 rings (SSSR count). The van der Waals surface area contributed by atoms with E-state index >= 15 is 0 Å². The van der Waals surface area contributed by atoms with E-state index in [4.69, 9.17) is 4.74 Å². The average molecular weight is 339 g/mol. The fraction of sp³-hybridized carbons (Fsp3) is 0.421. The summed E-state index contributed by atoms with van der Waals surface area (Å²) in [5, 5.41) is 2.81. The summed E-state index contributed by atoms with van der Waals surface area (Å²) < 4.78 is 5.45. The van der Waals surface area contributed by atoms with Crippen LogP contribution < -0.4 is 15.6 Å². The van der Waals surface area contributed by atoms with Gasteiger partial charge in [-0.3, -0.25) is 9.59 Å². The third-order valence-electron chi connectivity index (χ3n) is 4.96. The highest BCUT2D eigenvalue weighted by atomic mass is 16.5. The van der Waals surface area contributed by atoms with Crippen LogP contribution in [-0.2, 0) is 19.4 Å². The molecular weight excluding hydrogens is 318 g/mol. The number of aromatic amines is 1. The van der Waals surface area contributed by atoms with Crippen molar-refractivity contribution in [1.29, 1.82) is 0 Å². The lowest BCUT2D eigenvalue weighted by Gasteiger charge is -2.12. The topological polar surface area (TPSA) is 84.1 Å². The molecule has 130 valence electrons. The number of ether oxygens (including phenoxy) is 1. The first-order chi connectivity index (χ1) is 12.2. The minimum atomic E-state index is -0.418. The van der Waals surface area contributed by atoms with Gasteiger partial charge in [0.2, 0.25) is 0 Å². The first-order valence-corrected chi connectivity index (χ1v) is 8.72. The maximum Gasteiger partial charge on any atom is 0.263 e. The van der Waals surface area contributed by atoms with Crippen LogP contribution in [0, 0.1) is 0 Å².